The zero-order valence-corrected chi connectivity index (χ0v) is 8.71. The Balaban J connectivity index is 2.89. The Morgan fingerprint density at radius 3 is 2.86 bits per heavy atom. The second kappa shape index (κ2) is 5.36. The number of unbranched alkanes of at least 4 members (excludes halogenated alkanes) is 1. The molecule has 0 atom stereocenters. The Morgan fingerprint density at radius 2 is 2.21 bits per heavy atom. The first kappa shape index (κ1) is 10.7. The van der Waals surface area contributed by atoms with Crippen molar-refractivity contribution in [2.75, 3.05) is 0 Å². The molecule has 0 aliphatic carbocycles. The van der Waals surface area contributed by atoms with Gasteiger partial charge in [-0.2, -0.15) is 4.99 Å². The van der Waals surface area contributed by atoms with Gasteiger partial charge in [0.05, 0.1) is 5.69 Å². The fraction of sp³-hybridized carbons (Fsp3) is 0.417. The predicted octanol–water partition coefficient (Wildman–Crippen LogP) is 3.30. The largest absolute Gasteiger partial charge is 0.240 e. The summed E-state index contributed by atoms with van der Waals surface area (Å²) in [5, 5.41) is 0. The highest BCUT2D eigenvalue weighted by atomic mass is 16.1. The van der Waals surface area contributed by atoms with Gasteiger partial charge in [0.15, 0.2) is 0 Å². The van der Waals surface area contributed by atoms with Crippen molar-refractivity contribution in [3.63, 3.8) is 0 Å². The maximum Gasteiger partial charge on any atom is 0.240 e. The Labute approximate surface area is 84.7 Å². The monoisotopic (exact) mass is 189 g/mol. The molecule has 1 rings (SSSR count). The van der Waals surface area contributed by atoms with Gasteiger partial charge < -0.3 is 0 Å². The van der Waals surface area contributed by atoms with Gasteiger partial charge >= 0.3 is 0 Å². The maximum atomic E-state index is 10.1. The number of nitrogens with zero attached hydrogens (tertiary/aromatic N) is 1. The van der Waals surface area contributed by atoms with Gasteiger partial charge in [-0.05, 0) is 43.0 Å². The normalized spacial score (nSPS) is 9.57. The van der Waals surface area contributed by atoms with Crippen LogP contribution in [-0.2, 0) is 11.2 Å². The summed E-state index contributed by atoms with van der Waals surface area (Å²) in [5.41, 5.74) is 3.25. The number of carbonyl (C=O) groups excluding carboxylic acids is 1. The van der Waals surface area contributed by atoms with Gasteiger partial charge in [-0.15, -0.1) is 0 Å². The van der Waals surface area contributed by atoms with Crippen LogP contribution < -0.4 is 0 Å². The van der Waals surface area contributed by atoms with Crippen molar-refractivity contribution in [3.05, 3.63) is 29.3 Å². The molecule has 1 aromatic rings. The topological polar surface area (TPSA) is 29.4 Å². The molecule has 2 heteroatoms. The summed E-state index contributed by atoms with van der Waals surface area (Å²) in [5.74, 6) is 0. The van der Waals surface area contributed by atoms with Crippen LogP contribution in [0.4, 0.5) is 5.69 Å². The molecule has 0 amide bonds. The van der Waals surface area contributed by atoms with Crippen LogP contribution in [0.25, 0.3) is 0 Å². The van der Waals surface area contributed by atoms with Crippen LogP contribution in [0.3, 0.4) is 0 Å². The van der Waals surface area contributed by atoms with Crippen LogP contribution in [0, 0.1) is 6.92 Å². The summed E-state index contributed by atoms with van der Waals surface area (Å²) in [6.45, 7) is 4.25. The lowest BCUT2D eigenvalue weighted by atomic mass is 10.0. The van der Waals surface area contributed by atoms with Crippen molar-refractivity contribution < 1.29 is 4.79 Å². The fourth-order valence-electron chi connectivity index (χ4n) is 1.42. The first-order valence-corrected chi connectivity index (χ1v) is 4.95. The number of aliphatic imine (C=N–C) groups is 1. The lowest BCUT2D eigenvalue weighted by molar-refractivity contribution is 0.565. The molecule has 0 aromatic heterocycles. The van der Waals surface area contributed by atoms with Crippen molar-refractivity contribution in [1.82, 2.24) is 0 Å². The smallest absolute Gasteiger partial charge is 0.211 e. The molecule has 74 valence electrons. The van der Waals surface area contributed by atoms with Gasteiger partial charge in [0.25, 0.3) is 0 Å². The third-order valence-corrected chi connectivity index (χ3v) is 2.31. The molecule has 1 aromatic carbocycles. The molecule has 0 N–H and O–H groups in total. The average Bonchev–Trinajstić information content (AvgIpc) is 2.19. The fourth-order valence-corrected chi connectivity index (χ4v) is 1.42. The highest BCUT2D eigenvalue weighted by Gasteiger charge is 1.99. The van der Waals surface area contributed by atoms with Gasteiger partial charge in [0.1, 0.15) is 0 Å². The molecule has 0 fully saturated rings. The van der Waals surface area contributed by atoms with Crippen LogP contribution in [0.15, 0.2) is 23.2 Å². The molecule has 0 saturated carbocycles. The minimum atomic E-state index is 0.705. The Kier molecular flexibility index (Phi) is 4.09. The van der Waals surface area contributed by atoms with Gasteiger partial charge in [-0.1, -0.05) is 19.4 Å². The lowest BCUT2D eigenvalue weighted by Crippen LogP contribution is -1.88. The quantitative estimate of drug-likeness (QED) is 0.527. The van der Waals surface area contributed by atoms with E-state index in [-0.39, 0.29) is 0 Å². The van der Waals surface area contributed by atoms with Crippen molar-refractivity contribution >= 4 is 11.8 Å². The SMILES string of the molecule is CCCCc1cc(N=C=O)ccc1C. The summed E-state index contributed by atoms with van der Waals surface area (Å²) < 4.78 is 0. The van der Waals surface area contributed by atoms with Crippen LogP contribution >= 0.6 is 0 Å². The minimum Gasteiger partial charge on any atom is -0.211 e. The predicted molar refractivity (Wildman–Crippen MR) is 57.6 cm³/mol. The van der Waals surface area contributed by atoms with Gasteiger partial charge in [0.2, 0.25) is 6.08 Å². The molecule has 0 heterocycles. The van der Waals surface area contributed by atoms with E-state index in [4.69, 9.17) is 0 Å². The van der Waals surface area contributed by atoms with Crippen molar-refractivity contribution in [2.45, 2.75) is 33.1 Å². The molecule has 0 spiro atoms. The van der Waals surface area contributed by atoms with Crippen molar-refractivity contribution in [3.8, 4) is 0 Å². The lowest BCUT2D eigenvalue weighted by Gasteiger charge is -2.04. The van der Waals surface area contributed by atoms with Crippen LogP contribution in [0.2, 0.25) is 0 Å². The number of aryl methyl sites for hydroxylation is 2. The van der Waals surface area contributed by atoms with Crippen molar-refractivity contribution in [1.29, 1.82) is 0 Å². The van der Waals surface area contributed by atoms with E-state index in [1.807, 2.05) is 18.2 Å². The summed E-state index contributed by atoms with van der Waals surface area (Å²) >= 11 is 0. The molecule has 0 bridgehead atoms. The van der Waals surface area contributed by atoms with Gasteiger partial charge in [0, 0.05) is 0 Å². The summed E-state index contributed by atoms with van der Waals surface area (Å²) in [7, 11) is 0. The average molecular weight is 189 g/mol. The molecule has 14 heavy (non-hydrogen) atoms. The highest BCUT2D eigenvalue weighted by molar-refractivity contribution is 5.51. The van der Waals surface area contributed by atoms with Gasteiger partial charge in [-0.3, -0.25) is 0 Å². The second-order valence-electron chi connectivity index (χ2n) is 3.42. The minimum absolute atomic E-state index is 0.705. The number of rotatable bonds is 4. The van der Waals surface area contributed by atoms with E-state index in [2.05, 4.69) is 18.8 Å². The summed E-state index contributed by atoms with van der Waals surface area (Å²) in [6.07, 6.45) is 4.98. The van der Waals surface area contributed by atoms with E-state index in [9.17, 15) is 4.79 Å². The second-order valence-corrected chi connectivity index (χ2v) is 3.42. The van der Waals surface area contributed by atoms with Crippen LogP contribution in [0.5, 0.6) is 0 Å². The third-order valence-electron chi connectivity index (χ3n) is 2.31. The van der Waals surface area contributed by atoms with Crippen LogP contribution in [0.1, 0.15) is 30.9 Å². The first-order valence-electron chi connectivity index (χ1n) is 4.95. The molecule has 2 nitrogen and oxygen atoms in total. The number of hydrogen-bond donors (Lipinski definition) is 0. The summed E-state index contributed by atoms with van der Waals surface area (Å²) in [4.78, 5) is 13.7. The zero-order valence-electron chi connectivity index (χ0n) is 8.71. The van der Waals surface area contributed by atoms with Crippen LogP contribution in [-0.4, -0.2) is 6.08 Å². The Hall–Kier alpha value is -1.40. The van der Waals surface area contributed by atoms with E-state index < -0.39 is 0 Å². The molecule has 0 aliphatic heterocycles. The zero-order chi connectivity index (χ0) is 10.4. The Bertz CT molecular complexity index is 351. The molecule has 0 unspecified atom stereocenters. The summed E-state index contributed by atoms with van der Waals surface area (Å²) in [6, 6.07) is 5.81. The number of hydrogen-bond acceptors (Lipinski definition) is 2. The van der Waals surface area contributed by atoms with E-state index in [0.717, 1.165) is 6.42 Å². The first-order chi connectivity index (χ1) is 6.77. The molecular formula is C12H15NO. The Morgan fingerprint density at radius 1 is 1.43 bits per heavy atom. The van der Waals surface area contributed by atoms with Crippen molar-refractivity contribution in [2.24, 2.45) is 4.99 Å². The number of benzene rings is 1. The number of isocyanates is 1. The van der Waals surface area contributed by atoms with E-state index in [1.54, 1.807) is 6.08 Å². The van der Waals surface area contributed by atoms with E-state index in [0.29, 0.717) is 5.69 Å². The highest BCUT2D eigenvalue weighted by Crippen LogP contribution is 2.19. The molecule has 0 saturated heterocycles. The standard InChI is InChI=1S/C12H15NO/c1-3-4-5-11-8-12(13-9-14)7-6-10(11)2/h6-8H,3-5H2,1-2H3. The maximum absolute atomic E-state index is 10.1. The van der Waals surface area contributed by atoms with E-state index >= 15 is 0 Å². The van der Waals surface area contributed by atoms with E-state index in [1.165, 1.54) is 24.0 Å². The third kappa shape index (κ3) is 2.82. The molecule has 0 radical (unpaired) electrons. The molecular weight excluding hydrogens is 174 g/mol. The van der Waals surface area contributed by atoms with Gasteiger partial charge in [-0.25, -0.2) is 4.79 Å². The molecule has 0 aliphatic rings.